The number of rotatable bonds is 4. The SMILES string of the molecule is Cc1ccccc1C(=O)Nc1cccc(NC(=S)NC(=O)c2ccccc2)c1. The molecule has 0 aliphatic heterocycles. The average Bonchev–Trinajstić information content (AvgIpc) is 2.69. The molecule has 140 valence electrons. The molecule has 0 spiro atoms. The van der Waals surface area contributed by atoms with Gasteiger partial charge in [0.15, 0.2) is 5.11 Å². The maximum absolute atomic E-state index is 12.5. The highest BCUT2D eigenvalue weighted by molar-refractivity contribution is 7.80. The zero-order valence-electron chi connectivity index (χ0n) is 15.2. The van der Waals surface area contributed by atoms with E-state index in [2.05, 4.69) is 16.0 Å². The van der Waals surface area contributed by atoms with Crippen LogP contribution in [0.2, 0.25) is 0 Å². The van der Waals surface area contributed by atoms with Gasteiger partial charge in [-0.05, 0) is 61.1 Å². The summed E-state index contributed by atoms with van der Waals surface area (Å²) < 4.78 is 0. The molecule has 0 bridgehead atoms. The fourth-order valence-electron chi connectivity index (χ4n) is 2.63. The quantitative estimate of drug-likeness (QED) is 0.580. The summed E-state index contributed by atoms with van der Waals surface area (Å²) in [6.45, 7) is 1.89. The van der Waals surface area contributed by atoms with Crippen LogP contribution >= 0.6 is 12.2 Å². The fraction of sp³-hybridized carbons (Fsp3) is 0.0455. The Hall–Kier alpha value is -3.51. The van der Waals surface area contributed by atoms with Crippen LogP contribution in [0, 0.1) is 6.92 Å². The first-order chi connectivity index (χ1) is 13.5. The number of nitrogens with one attached hydrogen (secondary N) is 3. The molecular weight excluding hydrogens is 370 g/mol. The number of amides is 2. The molecule has 5 nitrogen and oxygen atoms in total. The maximum Gasteiger partial charge on any atom is 0.257 e. The lowest BCUT2D eigenvalue weighted by molar-refractivity contribution is 0.0976. The van der Waals surface area contributed by atoms with Gasteiger partial charge in [-0.25, -0.2) is 0 Å². The molecule has 3 aromatic carbocycles. The van der Waals surface area contributed by atoms with Gasteiger partial charge in [-0.1, -0.05) is 42.5 Å². The molecule has 0 unspecified atom stereocenters. The standard InChI is InChI=1S/C22H19N3O2S/c1-15-8-5-6-13-19(15)21(27)23-17-11-7-12-18(14-17)24-22(28)25-20(26)16-9-3-2-4-10-16/h2-14H,1H3,(H,23,27)(H2,24,25,26,28). The van der Waals surface area contributed by atoms with Crippen molar-refractivity contribution in [1.29, 1.82) is 0 Å². The minimum atomic E-state index is -0.290. The van der Waals surface area contributed by atoms with E-state index in [1.165, 1.54) is 0 Å². The van der Waals surface area contributed by atoms with Gasteiger partial charge in [0.1, 0.15) is 0 Å². The Morgan fingerprint density at radius 1 is 0.750 bits per heavy atom. The Balaban J connectivity index is 1.63. The largest absolute Gasteiger partial charge is 0.332 e. The third-order valence-corrected chi connectivity index (χ3v) is 4.24. The number of carbonyl (C=O) groups is 2. The first kappa shape index (κ1) is 19.3. The second-order valence-corrected chi connectivity index (χ2v) is 6.53. The normalized spacial score (nSPS) is 10.0. The lowest BCUT2D eigenvalue weighted by Crippen LogP contribution is -2.34. The van der Waals surface area contributed by atoms with Gasteiger partial charge in [-0.2, -0.15) is 0 Å². The van der Waals surface area contributed by atoms with Crippen molar-refractivity contribution >= 4 is 40.5 Å². The molecule has 0 radical (unpaired) electrons. The van der Waals surface area contributed by atoms with Crippen LogP contribution in [0.1, 0.15) is 26.3 Å². The summed E-state index contributed by atoms with van der Waals surface area (Å²) in [5.41, 5.74) is 3.31. The van der Waals surface area contributed by atoms with Crippen LogP contribution in [-0.4, -0.2) is 16.9 Å². The lowest BCUT2D eigenvalue weighted by atomic mass is 10.1. The molecule has 28 heavy (non-hydrogen) atoms. The predicted molar refractivity (Wildman–Crippen MR) is 116 cm³/mol. The number of hydrogen-bond acceptors (Lipinski definition) is 3. The van der Waals surface area contributed by atoms with E-state index in [4.69, 9.17) is 12.2 Å². The van der Waals surface area contributed by atoms with Crippen LogP contribution in [0.4, 0.5) is 11.4 Å². The van der Waals surface area contributed by atoms with Gasteiger partial charge in [0, 0.05) is 22.5 Å². The Kier molecular flexibility index (Phi) is 6.14. The Morgan fingerprint density at radius 2 is 1.39 bits per heavy atom. The smallest absolute Gasteiger partial charge is 0.257 e. The van der Waals surface area contributed by atoms with Crippen molar-refractivity contribution in [1.82, 2.24) is 5.32 Å². The molecule has 3 aromatic rings. The molecule has 0 aromatic heterocycles. The monoisotopic (exact) mass is 389 g/mol. The van der Waals surface area contributed by atoms with Crippen LogP contribution < -0.4 is 16.0 Å². The molecule has 0 saturated carbocycles. The molecule has 0 fully saturated rings. The topological polar surface area (TPSA) is 70.2 Å². The maximum atomic E-state index is 12.5. The number of aryl methyl sites for hydroxylation is 1. The Labute approximate surface area is 168 Å². The molecule has 0 atom stereocenters. The van der Waals surface area contributed by atoms with E-state index in [-0.39, 0.29) is 16.9 Å². The number of carbonyl (C=O) groups excluding carboxylic acids is 2. The second kappa shape index (κ2) is 8.92. The molecule has 0 aliphatic rings. The number of thiocarbonyl (C=S) groups is 1. The van der Waals surface area contributed by atoms with Crippen molar-refractivity contribution in [3.05, 3.63) is 95.6 Å². The minimum Gasteiger partial charge on any atom is -0.332 e. The summed E-state index contributed by atoms with van der Waals surface area (Å²) in [5, 5.41) is 8.63. The molecule has 2 amide bonds. The van der Waals surface area contributed by atoms with E-state index in [1.54, 1.807) is 54.6 Å². The van der Waals surface area contributed by atoms with E-state index in [9.17, 15) is 9.59 Å². The summed E-state index contributed by atoms with van der Waals surface area (Å²) in [7, 11) is 0. The van der Waals surface area contributed by atoms with Crippen LogP contribution in [0.3, 0.4) is 0 Å². The van der Waals surface area contributed by atoms with Crippen molar-refractivity contribution in [2.45, 2.75) is 6.92 Å². The van der Waals surface area contributed by atoms with Crippen molar-refractivity contribution in [3.63, 3.8) is 0 Å². The zero-order chi connectivity index (χ0) is 19.9. The van der Waals surface area contributed by atoms with E-state index in [1.807, 2.05) is 31.2 Å². The van der Waals surface area contributed by atoms with Gasteiger partial charge in [-0.3, -0.25) is 14.9 Å². The fourth-order valence-corrected chi connectivity index (χ4v) is 2.84. The zero-order valence-corrected chi connectivity index (χ0v) is 16.0. The van der Waals surface area contributed by atoms with Gasteiger partial charge in [0.2, 0.25) is 0 Å². The Morgan fingerprint density at radius 3 is 2.11 bits per heavy atom. The van der Waals surface area contributed by atoms with E-state index >= 15 is 0 Å². The molecule has 3 N–H and O–H groups in total. The van der Waals surface area contributed by atoms with Crippen molar-refractivity contribution in [2.75, 3.05) is 10.6 Å². The number of anilines is 2. The lowest BCUT2D eigenvalue weighted by Gasteiger charge is -2.12. The third kappa shape index (κ3) is 5.02. The van der Waals surface area contributed by atoms with Crippen molar-refractivity contribution in [2.24, 2.45) is 0 Å². The van der Waals surface area contributed by atoms with Crippen molar-refractivity contribution in [3.8, 4) is 0 Å². The molecular formula is C22H19N3O2S. The summed E-state index contributed by atoms with van der Waals surface area (Å²) in [6, 6.07) is 23.3. The summed E-state index contributed by atoms with van der Waals surface area (Å²) in [5.74, 6) is -0.475. The van der Waals surface area contributed by atoms with Gasteiger partial charge in [-0.15, -0.1) is 0 Å². The van der Waals surface area contributed by atoms with Gasteiger partial charge in [0.25, 0.3) is 11.8 Å². The molecule has 3 rings (SSSR count). The van der Waals surface area contributed by atoms with Crippen LogP contribution in [-0.2, 0) is 0 Å². The summed E-state index contributed by atoms with van der Waals surface area (Å²) in [6.07, 6.45) is 0. The highest BCUT2D eigenvalue weighted by atomic mass is 32.1. The predicted octanol–water partition coefficient (Wildman–Crippen LogP) is 4.37. The number of hydrogen-bond donors (Lipinski definition) is 3. The molecule has 0 saturated heterocycles. The van der Waals surface area contributed by atoms with Crippen LogP contribution in [0.15, 0.2) is 78.9 Å². The third-order valence-electron chi connectivity index (χ3n) is 4.03. The highest BCUT2D eigenvalue weighted by Gasteiger charge is 2.10. The van der Waals surface area contributed by atoms with Crippen molar-refractivity contribution < 1.29 is 9.59 Å². The number of benzene rings is 3. The van der Waals surface area contributed by atoms with E-state index in [0.717, 1.165) is 5.56 Å². The van der Waals surface area contributed by atoms with Gasteiger partial charge < -0.3 is 10.6 Å². The van der Waals surface area contributed by atoms with Gasteiger partial charge in [0.05, 0.1) is 0 Å². The van der Waals surface area contributed by atoms with Crippen LogP contribution in [0.5, 0.6) is 0 Å². The van der Waals surface area contributed by atoms with Crippen LogP contribution in [0.25, 0.3) is 0 Å². The summed E-state index contributed by atoms with van der Waals surface area (Å²) in [4.78, 5) is 24.6. The Bertz CT molecular complexity index is 1020. The summed E-state index contributed by atoms with van der Waals surface area (Å²) >= 11 is 5.21. The minimum absolute atomic E-state index is 0.177. The second-order valence-electron chi connectivity index (χ2n) is 6.12. The molecule has 0 aliphatic carbocycles. The molecule has 6 heteroatoms. The van der Waals surface area contributed by atoms with E-state index in [0.29, 0.717) is 22.5 Å². The first-order valence-electron chi connectivity index (χ1n) is 8.67. The average molecular weight is 389 g/mol. The van der Waals surface area contributed by atoms with E-state index < -0.39 is 0 Å². The van der Waals surface area contributed by atoms with Gasteiger partial charge >= 0.3 is 0 Å². The highest BCUT2D eigenvalue weighted by Crippen LogP contribution is 2.17. The first-order valence-corrected chi connectivity index (χ1v) is 9.08. The molecule has 0 heterocycles.